The molecule has 0 spiro atoms. The van der Waals surface area contributed by atoms with E-state index in [-0.39, 0.29) is 19.2 Å². The lowest BCUT2D eigenvalue weighted by molar-refractivity contribution is -0.117. The Morgan fingerprint density at radius 3 is 3.04 bits per heavy atom. The maximum atomic E-state index is 12.3. The second kappa shape index (κ2) is 6.34. The summed E-state index contributed by atoms with van der Waals surface area (Å²) in [6.45, 7) is 2.02. The third-order valence-electron chi connectivity index (χ3n) is 4.25. The van der Waals surface area contributed by atoms with Gasteiger partial charge in [0.15, 0.2) is 11.5 Å². The van der Waals surface area contributed by atoms with Crippen molar-refractivity contribution in [2.24, 2.45) is 0 Å². The SMILES string of the molecule is Cc1nc2ccc(-c3nnn(CC(=O)Nc4ccc5c(c4)OCO5)n3)cc2[nH]1. The van der Waals surface area contributed by atoms with Crippen LogP contribution in [-0.2, 0) is 11.3 Å². The van der Waals surface area contributed by atoms with Gasteiger partial charge < -0.3 is 19.8 Å². The van der Waals surface area contributed by atoms with Crippen LogP contribution in [0.4, 0.5) is 5.69 Å². The van der Waals surface area contributed by atoms with E-state index < -0.39 is 0 Å². The quantitative estimate of drug-likeness (QED) is 0.557. The molecular formula is C18H15N7O3. The Bertz CT molecular complexity index is 1200. The minimum absolute atomic E-state index is 0.0626. The van der Waals surface area contributed by atoms with Crippen molar-refractivity contribution in [1.82, 2.24) is 30.2 Å². The van der Waals surface area contributed by atoms with Gasteiger partial charge in [-0.25, -0.2) is 4.98 Å². The Morgan fingerprint density at radius 2 is 2.11 bits per heavy atom. The van der Waals surface area contributed by atoms with E-state index in [1.807, 2.05) is 25.1 Å². The average Bonchev–Trinajstić information content (AvgIpc) is 3.39. The van der Waals surface area contributed by atoms with E-state index in [1.165, 1.54) is 4.80 Å². The predicted octanol–water partition coefficient (Wildman–Crippen LogP) is 1.89. The number of aromatic nitrogens is 6. The van der Waals surface area contributed by atoms with E-state index in [2.05, 4.69) is 30.7 Å². The molecule has 1 aliphatic heterocycles. The van der Waals surface area contributed by atoms with E-state index in [4.69, 9.17) is 9.47 Å². The van der Waals surface area contributed by atoms with Gasteiger partial charge in [-0.2, -0.15) is 4.80 Å². The van der Waals surface area contributed by atoms with Crippen molar-refractivity contribution in [1.29, 1.82) is 0 Å². The maximum absolute atomic E-state index is 12.3. The summed E-state index contributed by atoms with van der Waals surface area (Å²) in [5.41, 5.74) is 3.16. The lowest BCUT2D eigenvalue weighted by Gasteiger charge is -2.05. The summed E-state index contributed by atoms with van der Waals surface area (Å²) in [7, 11) is 0. The smallest absolute Gasteiger partial charge is 0.248 e. The minimum Gasteiger partial charge on any atom is -0.454 e. The molecule has 2 aromatic carbocycles. The molecule has 5 rings (SSSR count). The van der Waals surface area contributed by atoms with Crippen LogP contribution in [0.25, 0.3) is 22.4 Å². The van der Waals surface area contributed by atoms with Gasteiger partial charge in [-0.15, -0.1) is 10.2 Å². The summed E-state index contributed by atoms with van der Waals surface area (Å²) in [6.07, 6.45) is 0. The first-order valence-corrected chi connectivity index (χ1v) is 8.58. The van der Waals surface area contributed by atoms with E-state index in [1.54, 1.807) is 18.2 Å². The van der Waals surface area contributed by atoms with Crippen molar-refractivity contribution in [3.63, 3.8) is 0 Å². The number of aryl methyl sites for hydroxylation is 1. The standard InChI is InChI=1S/C18H15N7O3/c1-10-19-13-4-2-11(6-14(13)20-10)18-22-24-25(23-18)8-17(26)21-12-3-5-15-16(7-12)28-9-27-15/h2-7H,8-9H2,1H3,(H,19,20)(H,21,26). The second-order valence-corrected chi connectivity index (χ2v) is 6.31. The number of amides is 1. The summed E-state index contributed by atoms with van der Waals surface area (Å²) in [5.74, 6) is 2.25. The molecule has 0 bridgehead atoms. The van der Waals surface area contributed by atoms with Crippen molar-refractivity contribution < 1.29 is 14.3 Å². The number of benzene rings is 2. The van der Waals surface area contributed by atoms with Crippen molar-refractivity contribution in [3.8, 4) is 22.9 Å². The highest BCUT2D eigenvalue weighted by molar-refractivity contribution is 5.90. The van der Waals surface area contributed by atoms with Crippen LogP contribution >= 0.6 is 0 Å². The lowest BCUT2D eigenvalue weighted by Crippen LogP contribution is -2.20. The molecule has 10 heteroatoms. The van der Waals surface area contributed by atoms with Crippen LogP contribution in [0, 0.1) is 6.92 Å². The zero-order chi connectivity index (χ0) is 19.1. The molecule has 10 nitrogen and oxygen atoms in total. The van der Waals surface area contributed by atoms with Crippen LogP contribution in [-0.4, -0.2) is 42.9 Å². The third kappa shape index (κ3) is 3.00. The number of imidazole rings is 1. The number of ether oxygens (including phenoxy) is 2. The zero-order valence-corrected chi connectivity index (χ0v) is 14.8. The number of aromatic amines is 1. The molecule has 0 atom stereocenters. The number of tetrazole rings is 1. The van der Waals surface area contributed by atoms with Gasteiger partial charge in [0.1, 0.15) is 12.4 Å². The van der Waals surface area contributed by atoms with Crippen LogP contribution < -0.4 is 14.8 Å². The molecule has 140 valence electrons. The highest BCUT2D eigenvalue weighted by atomic mass is 16.7. The first-order chi connectivity index (χ1) is 13.6. The van der Waals surface area contributed by atoms with Gasteiger partial charge in [0.25, 0.3) is 0 Å². The van der Waals surface area contributed by atoms with Crippen LogP contribution in [0.2, 0.25) is 0 Å². The molecule has 0 fully saturated rings. The van der Waals surface area contributed by atoms with Gasteiger partial charge in [-0.3, -0.25) is 4.79 Å². The molecule has 2 aromatic heterocycles. The number of carbonyl (C=O) groups is 1. The van der Waals surface area contributed by atoms with Gasteiger partial charge in [0, 0.05) is 17.3 Å². The van der Waals surface area contributed by atoms with Crippen molar-refractivity contribution in [2.45, 2.75) is 13.5 Å². The summed E-state index contributed by atoms with van der Waals surface area (Å²) in [6, 6.07) is 10.9. The van der Waals surface area contributed by atoms with Crippen LogP contribution in [0.3, 0.4) is 0 Å². The first-order valence-electron chi connectivity index (χ1n) is 8.58. The van der Waals surface area contributed by atoms with Gasteiger partial charge >= 0.3 is 0 Å². The van der Waals surface area contributed by atoms with Gasteiger partial charge in [0.2, 0.25) is 18.5 Å². The van der Waals surface area contributed by atoms with Gasteiger partial charge in [-0.1, -0.05) is 0 Å². The Hall–Kier alpha value is -3.95. The number of hydrogen-bond acceptors (Lipinski definition) is 7. The molecular weight excluding hydrogens is 362 g/mol. The Morgan fingerprint density at radius 1 is 1.21 bits per heavy atom. The second-order valence-electron chi connectivity index (χ2n) is 6.31. The monoisotopic (exact) mass is 377 g/mol. The van der Waals surface area contributed by atoms with Crippen LogP contribution in [0.5, 0.6) is 11.5 Å². The summed E-state index contributed by atoms with van der Waals surface area (Å²) < 4.78 is 10.6. The Labute approximate surface area is 158 Å². The fraction of sp³-hybridized carbons (Fsp3) is 0.167. The van der Waals surface area contributed by atoms with Crippen molar-refractivity contribution in [3.05, 3.63) is 42.2 Å². The van der Waals surface area contributed by atoms with E-state index in [9.17, 15) is 4.79 Å². The molecule has 0 aliphatic carbocycles. The molecule has 0 radical (unpaired) electrons. The van der Waals surface area contributed by atoms with Crippen molar-refractivity contribution in [2.75, 3.05) is 12.1 Å². The van der Waals surface area contributed by atoms with E-state index in [0.29, 0.717) is 23.0 Å². The summed E-state index contributed by atoms with van der Waals surface area (Å²) in [5, 5.41) is 15.1. The highest BCUT2D eigenvalue weighted by Crippen LogP contribution is 2.34. The number of hydrogen-bond donors (Lipinski definition) is 2. The fourth-order valence-corrected chi connectivity index (χ4v) is 3.01. The summed E-state index contributed by atoms with van der Waals surface area (Å²) >= 11 is 0. The molecule has 28 heavy (non-hydrogen) atoms. The number of anilines is 1. The zero-order valence-electron chi connectivity index (χ0n) is 14.8. The molecule has 0 unspecified atom stereocenters. The lowest BCUT2D eigenvalue weighted by atomic mass is 10.2. The molecule has 4 aromatic rings. The van der Waals surface area contributed by atoms with Crippen molar-refractivity contribution >= 4 is 22.6 Å². The number of rotatable bonds is 4. The predicted molar refractivity (Wildman–Crippen MR) is 98.8 cm³/mol. The molecule has 0 saturated carbocycles. The Kier molecular flexibility index (Phi) is 3.68. The molecule has 2 N–H and O–H groups in total. The number of H-pyrrole nitrogens is 1. The summed E-state index contributed by atoms with van der Waals surface area (Å²) in [4.78, 5) is 21.1. The van der Waals surface area contributed by atoms with Crippen LogP contribution in [0.15, 0.2) is 36.4 Å². The third-order valence-corrected chi connectivity index (χ3v) is 4.25. The average molecular weight is 377 g/mol. The van der Waals surface area contributed by atoms with Gasteiger partial charge in [0.05, 0.1) is 11.0 Å². The normalized spacial score (nSPS) is 12.5. The highest BCUT2D eigenvalue weighted by Gasteiger charge is 2.15. The number of fused-ring (bicyclic) bond motifs is 2. The molecule has 0 saturated heterocycles. The maximum Gasteiger partial charge on any atom is 0.248 e. The number of nitrogens with zero attached hydrogens (tertiary/aromatic N) is 5. The Balaban J connectivity index is 1.29. The number of carbonyl (C=O) groups excluding carboxylic acids is 1. The topological polar surface area (TPSA) is 120 Å². The number of nitrogens with one attached hydrogen (secondary N) is 2. The van der Waals surface area contributed by atoms with Gasteiger partial charge in [-0.05, 0) is 42.5 Å². The molecule has 1 amide bonds. The largest absolute Gasteiger partial charge is 0.454 e. The van der Waals surface area contributed by atoms with E-state index in [0.717, 1.165) is 22.4 Å². The first kappa shape index (κ1) is 16.2. The molecule has 3 heterocycles. The van der Waals surface area contributed by atoms with Crippen LogP contribution in [0.1, 0.15) is 5.82 Å². The molecule has 1 aliphatic rings. The fourth-order valence-electron chi connectivity index (χ4n) is 3.01. The van der Waals surface area contributed by atoms with E-state index >= 15 is 0 Å². The minimum atomic E-state index is -0.275.